The lowest BCUT2D eigenvalue weighted by molar-refractivity contribution is 0.0697. The van der Waals surface area contributed by atoms with Gasteiger partial charge in [0.05, 0.1) is 22.5 Å². The van der Waals surface area contributed by atoms with E-state index in [0.29, 0.717) is 22.3 Å². The molecular weight excluding hydrogens is 380 g/mol. The van der Waals surface area contributed by atoms with Gasteiger partial charge in [0.1, 0.15) is 11.3 Å². The van der Waals surface area contributed by atoms with Crippen LogP contribution in [0, 0.1) is 0 Å². The lowest BCUT2D eigenvalue weighted by Gasteiger charge is -2.15. The van der Waals surface area contributed by atoms with Gasteiger partial charge in [-0.3, -0.25) is 14.4 Å². The Morgan fingerprint density at radius 1 is 0.933 bits per heavy atom. The van der Waals surface area contributed by atoms with Crippen molar-refractivity contribution in [3.63, 3.8) is 0 Å². The lowest BCUT2D eigenvalue weighted by Crippen LogP contribution is -2.25. The molecule has 0 amide bonds. The number of aromatic carboxylic acids is 1. The molecule has 0 spiro atoms. The summed E-state index contributed by atoms with van der Waals surface area (Å²) in [7, 11) is 0. The fourth-order valence-corrected chi connectivity index (χ4v) is 3.44. The number of aliphatic imine (C=N–C) groups is 1. The van der Waals surface area contributed by atoms with Crippen LogP contribution in [-0.4, -0.2) is 26.5 Å². The molecule has 6 nitrogen and oxygen atoms in total. The van der Waals surface area contributed by atoms with Gasteiger partial charge in [0, 0.05) is 11.1 Å². The van der Waals surface area contributed by atoms with E-state index in [0.717, 1.165) is 0 Å². The Labute approximate surface area is 172 Å². The molecule has 0 atom stereocenters. The van der Waals surface area contributed by atoms with Crippen molar-refractivity contribution in [3.8, 4) is 11.4 Å². The molecule has 0 bridgehead atoms. The maximum Gasteiger partial charge on any atom is 0.335 e. The molecule has 0 aliphatic carbocycles. The molecule has 4 aromatic rings. The molecule has 0 radical (unpaired) electrons. The van der Waals surface area contributed by atoms with Gasteiger partial charge in [0.15, 0.2) is 0 Å². The number of hydrogen-bond donors (Lipinski definition) is 2. The molecule has 6 heteroatoms. The van der Waals surface area contributed by atoms with Crippen LogP contribution in [0.2, 0.25) is 0 Å². The van der Waals surface area contributed by atoms with Crippen LogP contribution in [0.25, 0.3) is 16.6 Å². The summed E-state index contributed by atoms with van der Waals surface area (Å²) in [6.07, 6.45) is 0. The van der Waals surface area contributed by atoms with E-state index in [4.69, 9.17) is 0 Å². The normalized spacial score (nSPS) is 11.6. The lowest BCUT2D eigenvalue weighted by atomic mass is 10.1. The first-order valence-electron chi connectivity index (χ1n) is 9.28. The molecule has 1 heterocycles. The van der Waals surface area contributed by atoms with Crippen molar-refractivity contribution in [2.75, 3.05) is 0 Å². The Balaban J connectivity index is 1.99. The number of aromatic nitrogens is 1. The van der Waals surface area contributed by atoms with Crippen LogP contribution < -0.4 is 5.56 Å². The van der Waals surface area contributed by atoms with Gasteiger partial charge in [0.2, 0.25) is 0 Å². The number of fused-ring (bicyclic) bond motifs is 1. The number of hydrogen-bond acceptors (Lipinski definition) is 4. The zero-order valence-corrected chi connectivity index (χ0v) is 16.1. The maximum atomic E-state index is 13.4. The predicted octanol–water partition coefficient (Wildman–Crippen LogP) is 4.54. The maximum absolute atomic E-state index is 13.4. The molecule has 4 rings (SSSR count). The summed E-state index contributed by atoms with van der Waals surface area (Å²) < 4.78 is 1.54. The van der Waals surface area contributed by atoms with Crippen LogP contribution in [0.3, 0.4) is 0 Å². The Kier molecular flexibility index (Phi) is 4.90. The van der Waals surface area contributed by atoms with E-state index < -0.39 is 11.5 Å². The van der Waals surface area contributed by atoms with Gasteiger partial charge >= 0.3 is 5.97 Å². The van der Waals surface area contributed by atoms with Crippen molar-refractivity contribution in [1.29, 1.82) is 0 Å². The smallest absolute Gasteiger partial charge is 0.335 e. The Morgan fingerprint density at radius 3 is 2.37 bits per heavy atom. The fraction of sp³-hybridized carbons (Fsp3) is 0.0417. The summed E-state index contributed by atoms with van der Waals surface area (Å²) in [5.41, 5.74) is 1.66. The van der Waals surface area contributed by atoms with Crippen molar-refractivity contribution in [2.45, 2.75) is 6.92 Å². The number of carbonyl (C=O) groups is 1. The minimum absolute atomic E-state index is 0.0679. The van der Waals surface area contributed by atoms with E-state index in [1.54, 1.807) is 43.3 Å². The van der Waals surface area contributed by atoms with Crippen molar-refractivity contribution >= 4 is 28.3 Å². The monoisotopic (exact) mass is 398 g/mol. The Hall–Kier alpha value is -4.19. The van der Waals surface area contributed by atoms with Crippen LogP contribution in [0.1, 0.15) is 22.8 Å². The summed E-state index contributed by atoms with van der Waals surface area (Å²) in [4.78, 5) is 29.1. The second kappa shape index (κ2) is 7.67. The van der Waals surface area contributed by atoms with Gasteiger partial charge in [-0.25, -0.2) is 4.79 Å². The SMILES string of the molecule is CC(=Nc1cccc(C(=O)O)c1)c1c(O)c2ccccc2n(-c2ccccc2)c1=O. The topological polar surface area (TPSA) is 91.9 Å². The molecule has 0 saturated heterocycles. The second-order valence-corrected chi connectivity index (χ2v) is 6.77. The summed E-state index contributed by atoms with van der Waals surface area (Å²) in [5.74, 6) is -1.22. The second-order valence-electron chi connectivity index (χ2n) is 6.77. The summed E-state index contributed by atoms with van der Waals surface area (Å²) in [6.45, 7) is 1.62. The van der Waals surface area contributed by atoms with Crippen LogP contribution in [-0.2, 0) is 0 Å². The first-order chi connectivity index (χ1) is 14.5. The van der Waals surface area contributed by atoms with Gasteiger partial charge < -0.3 is 10.2 Å². The molecule has 0 fully saturated rings. The number of aromatic hydroxyl groups is 1. The van der Waals surface area contributed by atoms with Gasteiger partial charge in [0.25, 0.3) is 5.56 Å². The molecule has 0 saturated carbocycles. The van der Waals surface area contributed by atoms with E-state index in [1.165, 1.54) is 16.7 Å². The van der Waals surface area contributed by atoms with E-state index in [2.05, 4.69) is 4.99 Å². The van der Waals surface area contributed by atoms with Gasteiger partial charge in [-0.2, -0.15) is 0 Å². The first kappa shape index (κ1) is 19.1. The van der Waals surface area contributed by atoms with E-state index >= 15 is 0 Å². The number of rotatable bonds is 4. The number of benzene rings is 3. The molecule has 1 aromatic heterocycles. The first-order valence-corrected chi connectivity index (χ1v) is 9.28. The summed E-state index contributed by atoms with van der Waals surface area (Å²) in [5, 5.41) is 20.6. The van der Waals surface area contributed by atoms with Crippen LogP contribution >= 0.6 is 0 Å². The van der Waals surface area contributed by atoms with Crippen LogP contribution in [0.15, 0.2) is 88.6 Å². The number of carboxylic acid groups (broad SMARTS) is 1. The molecule has 3 aromatic carbocycles. The van der Waals surface area contributed by atoms with E-state index in [9.17, 15) is 19.8 Å². The van der Waals surface area contributed by atoms with Crippen LogP contribution in [0.5, 0.6) is 5.75 Å². The quantitative estimate of drug-likeness (QED) is 0.494. The highest BCUT2D eigenvalue weighted by Gasteiger charge is 2.19. The predicted molar refractivity (Wildman–Crippen MR) is 116 cm³/mol. The molecule has 148 valence electrons. The highest BCUT2D eigenvalue weighted by Crippen LogP contribution is 2.29. The number of nitrogens with zero attached hydrogens (tertiary/aromatic N) is 2. The number of para-hydroxylation sites is 2. The molecule has 30 heavy (non-hydrogen) atoms. The van der Waals surface area contributed by atoms with Crippen molar-refractivity contribution in [1.82, 2.24) is 4.57 Å². The Bertz CT molecular complexity index is 1360. The highest BCUT2D eigenvalue weighted by molar-refractivity contribution is 6.06. The minimum Gasteiger partial charge on any atom is -0.506 e. The molecule has 0 aliphatic rings. The van der Waals surface area contributed by atoms with Crippen molar-refractivity contribution in [3.05, 3.63) is 100 Å². The third-order valence-corrected chi connectivity index (χ3v) is 4.82. The van der Waals surface area contributed by atoms with Gasteiger partial charge in [-0.1, -0.05) is 36.4 Å². The summed E-state index contributed by atoms with van der Waals surface area (Å²) in [6, 6.07) is 22.4. The fourth-order valence-electron chi connectivity index (χ4n) is 3.44. The third-order valence-electron chi connectivity index (χ3n) is 4.82. The van der Waals surface area contributed by atoms with E-state index in [1.807, 2.05) is 30.3 Å². The van der Waals surface area contributed by atoms with Gasteiger partial charge in [-0.15, -0.1) is 0 Å². The minimum atomic E-state index is -1.07. The Morgan fingerprint density at radius 2 is 1.63 bits per heavy atom. The molecule has 0 aliphatic heterocycles. The van der Waals surface area contributed by atoms with Crippen molar-refractivity contribution < 1.29 is 15.0 Å². The number of pyridine rings is 1. The zero-order chi connectivity index (χ0) is 21.3. The molecular formula is C24H18N2O4. The average molecular weight is 398 g/mol. The third kappa shape index (κ3) is 3.35. The van der Waals surface area contributed by atoms with Crippen LogP contribution in [0.4, 0.5) is 5.69 Å². The zero-order valence-electron chi connectivity index (χ0n) is 16.1. The largest absolute Gasteiger partial charge is 0.506 e. The summed E-state index contributed by atoms with van der Waals surface area (Å²) >= 11 is 0. The molecule has 0 unspecified atom stereocenters. The molecule has 2 N–H and O–H groups in total. The standard InChI is InChI=1S/C24H18N2O4/c1-15(25-17-9-7-8-16(14-17)24(29)30)21-22(27)19-12-5-6-13-20(19)26(23(21)28)18-10-3-2-4-11-18/h2-14,27H,1H3,(H,29,30). The average Bonchev–Trinajstić information content (AvgIpc) is 2.75. The number of carboxylic acids is 1. The highest BCUT2D eigenvalue weighted by atomic mass is 16.4. The van der Waals surface area contributed by atoms with Gasteiger partial charge in [-0.05, 0) is 49.4 Å². The van der Waals surface area contributed by atoms with Crippen molar-refractivity contribution in [2.24, 2.45) is 4.99 Å². The van der Waals surface area contributed by atoms with E-state index in [-0.39, 0.29) is 22.6 Å².